The third-order valence-electron chi connectivity index (χ3n) is 1.99. The summed E-state index contributed by atoms with van der Waals surface area (Å²) in [6, 6.07) is 4.54. The molecule has 1 amide bonds. The van der Waals surface area contributed by atoms with Gasteiger partial charge in [-0.15, -0.1) is 11.3 Å². The molecule has 7 heteroatoms. The Hall–Kier alpha value is -1.60. The molecule has 0 aliphatic carbocycles. The lowest BCUT2D eigenvalue weighted by Gasteiger charge is -2.02. The highest BCUT2D eigenvalue weighted by atomic mass is 32.2. The molecule has 1 N–H and O–H groups in total. The van der Waals surface area contributed by atoms with Crippen molar-refractivity contribution in [3.05, 3.63) is 41.2 Å². The number of hydrogen-bond donors (Lipinski definition) is 1. The zero-order valence-corrected chi connectivity index (χ0v) is 10.5. The molecule has 0 aliphatic heterocycles. The molecule has 0 atom stereocenters. The molecule has 17 heavy (non-hydrogen) atoms. The van der Waals surface area contributed by atoms with Crippen molar-refractivity contribution in [2.45, 2.75) is 11.1 Å². The Morgan fingerprint density at radius 1 is 1.35 bits per heavy atom. The lowest BCUT2D eigenvalue weighted by atomic mass is 10.3. The van der Waals surface area contributed by atoms with Crippen LogP contribution in [0.3, 0.4) is 0 Å². The molecule has 0 unspecified atom stereocenters. The fraction of sp³-hybridized carbons (Fsp3) is 0.100. The van der Waals surface area contributed by atoms with Crippen molar-refractivity contribution in [1.82, 2.24) is 4.72 Å². The summed E-state index contributed by atoms with van der Waals surface area (Å²) in [6.45, 7) is 1.79. The van der Waals surface area contributed by atoms with E-state index in [1.807, 2.05) is 4.72 Å². The number of rotatable bonds is 3. The standard InChI is InChI=1S/C10H9NO4S2/c1-7-2-3-9(16-7)17(13,14)11-10(12)8-4-5-15-6-8/h2-6H,1H3,(H,11,12). The zero-order chi connectivity index (χ0) is 12.5. The number of amides is 1. The van der Waals surface area contributed by atoms with E-state index in [0.29, 0.717) is 0 Å². The second kappa shape index (κ2) is 4.34. The van der Waals surface area contributed by atoms with E-state index in [4.69, 9.17) is 4.42 Å². The molecule has 2 aromatic heterocycles. The fourth-order valence-electron chi connectivity index (χ4n) is 1.18. The number of carbonyl (C=O) groups excluding carboxylic acids is 1. The van der Waals surface area contributed by atoms with Crippen LogP contribution in [0.15, 0.2) is 39.4 Å². The Morgan fingerprint density at radius 2 is 2.12 bits per heavy atom. The quantitative estimate of drug-likeness (QED) is 0.923. The molecular weight excluding hydrogens is 262 g/mol. The molecule has 0 fully saturated rings. The van der Waals surface area contributed by atoms with E-state index in [-0.39, 0.29) is 9.77 Å². The van der Waals surface area contributed by atoms with Gasteiger partial charge in [-0.1, -0.05) is 0 Å². The molecular formula is C10H9NO4S2. The number of thiophene rings is 1. The maximum atomic E-state index is 11.8. The van der Waals surface area contributed by atoms with Gasteiger partial charge in [0, 0.05) is 4.88 Å². The Labute approximate surface area is 102 Å². The minimum Gasteiger partial charge on any atom is -0.472 e. The van der Waals surface area contributed by atoms with E-state index < -0.39 is 15.9 Å². The van der Waals surface area contributed by atoms with Crippen LogP contribution in [-0.4, -0.2) is 14.3 Å². The molecule has 2 aromatic rings. The lowest BCUT2D eigenvalue weighted by molar-refractivity contribution is 0.0981. The summed E-state index contributed by atoms with van der Waals surface area (Å²) in [5.74, 6) is -0.704. The Balaban J connectivity index is 2.21. The number of nitrogens with one attached hydrogen (secondary N) is 1. The van der Waals surface area contributed by atoms with Crippen molar-refractivity contribution < 1.29 is 17.6 Å². The van der Waals surface area contributed by atoms with Gasteiger partial charge in [0.05, 0.1) is 11.8 Å². The summed E-state index contributed by atoms with van der Waals surface area (Å²) < 4.78 is 30.4. The fourth-order valence-corrected chi connectivity index (χ4v) is 3.44. The van der Waals surface area contributed by atoms with Crippen LogP contribution in [0.1, 0.15) is 15.2 Å². The van der Waals surface area contributed by atoms with E-state index in [1.165, 1.54) is 24.7 Å². The summed E-state index contributed by atoms with van der Waals surface area (Å²) >= 11 is 1.11. The van der Waals surface area contributed by atoms with Crippen LogP contribution in [-0.2, 0) is 10.0 Å². The predicted molar refractivity (Wildman–Crippen MR) is 62.4 cm³/mol. The first-order valence-electron chi connectivity index (χ1n) is 4.65. The summed E-state index contributed by atoms with van der Waals surface area (Å²) in [5.41, 5.74) is 0.168. The van der Waals surface area contributed by atoms with Gasteiger partial charge in [-0.05, 0) is 25.1 Å². The molecule has 2 heterocycles. The van der Waals surface area contributed by atoms with Crippen LogP contribution in [0.2, 0.25) is 0 Å². The van der Waals surface area contributed by atoms with Crippen LogP contribution in [0.4, 0.5) is 0 Å². The first kappa shape index (κ1) is 11.9. The van der Waals surface area contributed by atoms with E-state index in [1.54, 1.807) is 13.0 Å². The molecule has 0 aliphatic rings. The van der Waals surface area contributed by atoms with Crippen LogP contribution in [0, 0.1) is 6.92 Å². The van der Waals surface area contributed by atoms with Crippen LogP contribution >= 0.6 is 11.3 Å². The van der Waals surface area contributed by atoms with Gasteiger partial charge in [0.25, 0.3) is 15.9 Å². The second-order valence-corrected chi connectivity index (χ2v) is 6.51. The molecule has 90 valence electrons. The molecule has 5 nitrogen and oxygen atoms in total. The molecule has 0 aromatic carbocycles. The third kappa shape index (κ3) is 2.56. The largest absolute Gasteiger partial charge is 0.472 e. The smallest absolute Gasteiger partial charge is 0.273 e. The molecule has 0 spiro atoms. The van der Waals surface area contributed by atoms with E-state index in [2.05, 4.69) is 0 Å². The van der Waals surface area contributed by atoms with Crippen molar-refractivity contribution in [2.24, 2.45) is 0 Å². The van der Waals surface area contributed by atoms with Crippen molar-refractivity contribution in [3.8, 4) is 0 Å². The predicted octanol–water partition coefficient (Wildman–Crippen LogP) is 1.77. The maximum absolute atomic E-state index is 11.8. The monoisotopic (exact) mass is 271 g/mol. The van der Waals surface area contributed by atoms with Crippen molar-refractivity contribution in [3.63, 3.8) is 0 Å². The Bertz CT molecular complexity index is 625. The van der Waals surface area contributed by atoms with E-state index >= 15 is 0 Å². The number of aryl methyl sites for hydroxylation is 1. The Morgan fingerprint density at radius 3 is 2.65 bits per heavy atom. The SMILES string of the molecule is Cc1ccc(S(=O)(=O)NC(=O)c2ccoc2)s1. The van der Waals surface area contributed by atoms with Gasteiger partial charge < -0.3 is 4.42 Å². The zero-order valence-electron chi connectivity index (χ0n) is 8.84. The van der Waals surface area contributed by atoms with Crippen LogP contribution in [0.25, 0.3) is 0 Å². The highest BCUT2D eigenvalue weighted by Crippen LogP contribution is 2.20. The first-order valence-corrected chi connectivity index (χ1v) is 6.95. The number of sulfonamides is 1. The highest BCUT2D eigenvalue weighted by Gasteiger charge is 2.20. The van der Waals surface area contributed by atoms with Gasteiger partial charge in [-0.25, -0.2) is 13.1 Å². The minimum absolute atomic E-state index is 0.117. The Kier molecular flexibility index (Phi) is 3.03. The van der Waals surface area contributed by atoms with Crippen LogP contribution in [0.5, 0.6) is 0 Å². The third-order valence-corrected chi connectivity index (χ3v) is 4.81. The topological polar surface area (TPSA) is 76.4 Å². The summed E-state index contributed by atoms with van der Waals surface area (Å²) in [7, 11) is -3.79. The molecule has 0 saturated carbocycles. The van der Waals surface area contributed by atoms with Gasteiger partial charge in [0.2, 0.25) is 0 Å². The summed E-state index contributed by atoms with van der Waals surface area (Å²) in [5, 5.41) is 0. The van der Waals surface area contributed by atoms with Crippen molar-refractivity contribution >= 4 is 27.3 Å². The maximum Gasteiger partial charge on any atom is 0.273 e. The summed E-state index contributed by atoms with van der Waals surface area (Å²) in [4.78, 5) is 12.4. The van der Waals surface area contributed by atoms with Gasteiger partial charge >= 0.3 is 0 Å². The van der Waals surface area contributed by atoms with Crippen molar-refractivity contribution in [1.29, 1.82) is 0 Å². The minimum atomic E-state index is -3.79. The van der Waals surface area contributed by atoms with Gasteiger partial charge in [0.1, 0.15) is 10.5 Å². The number of furan rings is 1. The van der Waals surface area contributed by atoms with Crippen molar-refractivity contribution in [2.75, 3.05) is 0 Å². The molecule has 0 radical (unpaired) electrons. The van der Waals surface area contributed by atoms with E-state index in [9.17, 15) is 13.2 Å². The second-order valence-electron chi connectivity index (χ2n) is 3.31. The average molecular weight is 271 g/mol. The lowest BCUT2D eigenvalue weighted by Crippen LogP contribution is -2.29. The summed E-state index contributed by atoms with van der Waals surface area (Å²) in [6.07, 6.45) is 2.49. The van der Waals surface area contributed by atoms with E-state index in [0.717, 1.165) is 16.2 Å². The van der Waals surface area contributed by atoms with Gasteiger partial charge in [0.15, 0.2) is 0 Å². The molecule has 0 bridgehead atoms. The van der Waals surface area contributed by atoms with Crippen LogP contribution < -0.4 is 4.72 Å². The normalized spacial score (nSPS) is 11.4. The number of carbonyl (C=O) groups is 1. The van der Waals surface area contributed by atoms with Gasteiger partial charge in [-0.3, -0.25) is 4.79 Å². The highest BCUT2D eigenvalue weighted by molar-refractivity contribution is 7.92. The number of hydrogen-bond acceptors (Lipinski definition) is 5. The first-order chi connectivity index (χ1) is 7.99. The average Bonchev–Trinajstić information content (AvgIpc) is 2.86. The molecule has 0 saturated heterocycles. The molecule has 2 rings (SSSR count). The van der Waals surface area contributed by atoms with Gasteiger partial charge in [-0.2, -0.15) is 0 Å².